The summed E-state index contributed by atoms with van der Waals surface area (Å²) in [4.78, 5) is 14.9. The highest BCUT2D eigenvalue weighted by molar-refractivity contribution is 6.10. The van der Waals surface area contributed by atoms with E-state index in [1.165, 1.54) is 5.56 Å². The molecule has 1 aliphatic heterocycles. The number of nitrogens with zero attached hydrogens (tertiary/aromatic N) is 1. The zero-order valence-electron chi connectivity index (χ0n) is 12.0. The Balaban J connectivity index is 1.76. The van der Waals surface area contributed by atoms with Crippen molar-refractivity contribution in [3.8, 4) is 11.3 Å². The first-order chi connectivity index (χ1) is 10.8. The molecule has 0 saturated heterocycles. The fourth-order valence-electron chi connectivity index (χ4n) is 3.01. The molecule has 0 atom stereocenters. The van der Waals surface area contributed by atoms with E-state index in [0.29, 0.717) is 5.56 Å². The van der Waals surface area contributed by atoms with Gasteiger partial charge < -0.3 is 9.32 Å². The maximum absolute atomic E-state index is 13.0. The number of furan rings is 1. The van der Waals surface area contributed by atoms with Gasteiger partial charge in [-0.1, -0.05) is 36.4 Å². The molecule has 0 aliphatic carbocycles. The molecule has 0 unspecified atom stereocenters. The van der Waals surface area contributed by atoms with Gasteiger partial charge in [-0.25, -0.2) is 0 Å². The molecule has 1 aromatic heterocycles. The van der Waals surface area contributed by atoms with Crippen molar-refractivity contribution in [1.29, 1.82) is 0 Å². The fourth-order valence-corrected chi connectivity index (χ4v) is 3.01. The first-order valence-electron chi connectivity index (χ1n) is 7.37. The van der Waals surface area contributed by atoms with Crippen LogP contribution in [0.1, 0.15) is 15.9 Å². The van der Waals surface area contributed by atoms with Crippen LogP contribution in [0.15, 0.2) is 71.3 Å². The maximum Gasteiger partial charge on any atom is 0.259 e. The van der Waals surface area contributed by atoms with Crippen molar-refractivity contribution < 1.29 is 9.21 Å². The summed E-state index contributed by atoms with van der Waals surface area (Å²) in [5.41, 5.74) is 3.75. The van der Waals surface area contributed by atoms with Gasteiger partial charge in [-0.2, -0.15) is 0 Å². The molecule has 2 heterocycles. The third-order valence-electron chi connectivity index (χ3n) is 4.08. The smallest absolute Gasteiger partial charge is 0.259 e. The molecule has 0 N–H and O–H groups in total. The Morgan fingerprint density at radius 1 is 0.955 bits per heavy atom. The molecule has 4 rings (SSSR count). The van der Waals surface area contributed by atoms with E-state index in [1.807, 2.05) is 59.5 Å². The number of hydrogen-bond donors (Lipinski definition) is 0. The van der Waals surface area contributed by atoms with Crippen LogP contribution in [0.25, 0.3) is 11.3 Å². The van der Waals surface area contributed by atoms with Crippen LogP contribution in [0, 0.1) is 0 Å². The Morgan fingerprint density at radius 2 is 1.77 bits per heavy atom. The summed E-state index contributed by atoms with van der Waals surface area (Å²) in [5, 5.41) is 0. The second-order valence-corrected chi connectivity index (χ2v) is 5.36. The monoisotopic (exact) mass is 289 g/mol. The van der Waals surface area contributed by atoms with Crippen LogP contribution in [0.3, 0.4) is 0 Å². The Morgan fingerprint density at radius 3 is 2.64 bits per heavy atom. The van der Waals surface area contributed by atoms with Gasteiger partial charge in [0.2, 0.25) is 0 Å². The summed E-state index contributed by atoms with van der Waals surface area (Å²) in [6.45, 7) is 0.727. The number of fused-ring (bicyclic) bond motifs is 1. The van der Waals surface area contributed by atoms with Crippen molar-refractivity contribution >= 4 is 11.6 Å². The molecule has 22 heavy (non-hydrogen) atoms. The first kappa shape index (κ1) is 12.9. The average molecular weight is 289 g/mol. The van der Waals surface area contributed by atoms with Gasteiger partial charge in [0.05, 0.1) is 11.8 Å². The molecule has 108 valence electrons. The number of carbonyl (C=O) groups excluding carboxylic acids is 1. The van der Waals surface area contributed by atoms with Crippen LogP contribution in [0.4, 0.5) is 5.69 Å². The van der Waals surface area contributed by atoms with Crippen LogP contribution < -0.4 is 4.90 Å². The molecule has 0 spiro atoms. The van der Waals surface area contributed by atoms with E-state index in [-0.39, 0.29) is 5.91 Å². The van der Waals surface area contributed by atoms with Gasteiger partial charge in [0.25, 0.3) is 5.91 Å². The van der Waals surface area contributed by atoms with Crippen molar-refractivity contribution in [2.75, 3.05) is 11.4 Å². The molecule has 3 nitrogen and oxygen atoms in total. The van der Waals surface area contributed by atoms with Crippen molar-refractivity contribution in [2.24, 2.45) is 0 Å². The highest BCUT2D eigenvalue weighted by atomic mass is 16.3. The highest BCUT2D eigenvalue weighted by Crippen LogP contribution is 2.31. The minimum Gasteiger partial charge on any atom is -0.464 e. The van der Waals surface area contributed by atoms with Crippen molar-refractivity contribution in [3.05, 3.63) is 78.1 Å². The number of para-hydroxylation sites is 1. The molecular formula is C19H15NO2. The molecule has 1 aliphatic rings. The average Bonchev–Trinajstić information content (AvgIpc) is 3.24. The summed E-state index contributed by atoms with van der Waals surface area (Å²) < 4.78 is 5.47. The summed E-state index contributed by atoms with van der Waals surface area (Å²) in [7, 11) is 0. The normalized spacial score (nSPS) is 13.2. The number of benzene rings is 2. The SMILES string of the molecule is O=C(c1ccccc1-c1ccco1)N1CCc2ccccc21. The first-order valence-corrected chi connectivity index (χ1v) is 7.37. The Hall–Kier alpha value is -2.81. The van der Waals surface area contributed by atoms with Crippen LogP contribution in [-0.2, 0) is 6.42 Å². The van der Waals surface area contributed by atoms with Crippen LogP contribution in [0.2, 0.25) is 0 Å². The maximum atomic E-state index is 13.0. The molecule has 0 fully saturated rings. The third-order valence-corrected chi connectivity index (χ3v) is 4.08. The van der Waals surface area contributed by atoms with Gasteiger partial charge in [0, 0.05) is 17.8 Å². The molecule has 1 amide bonds. The zero-order chi connectivity index (χ0) is 14.9. The highest BCUT2D eigenvalue weighted by Gasteiger charge is 2.27. The molecule has 2 aromatic carbocycles. The van der Waals surface area contributed by atoms with Gasteiger partial charge in [0.1, 0.15) is 5.76 Å². The van der Waals surface area contributed by atoms with E-state index in [4.69, 9.17) is 4.42 Å². The minimum absolute atomic E-state index is 0.0250. The van der Waals surface area contributed by atoms with E-state index in [0.717, 1.165) is 30.0 Å². The molecule has 0 bridgehead atoms. The van der Waals surface area contributed by atoms with Crippen molar-refractivity contribution in [3.63, 3.8) is 0 Å². The van der Waals surface area contributed by atoms with E-state index in [1.54, 1.807) is 6.26 Å². The second-order valence-electron chi connectivity index (χ2n) is 5.36. The summed E-state index contributed by atoms with van der Waals surface area (Å²) in [6, 6.07) is 19.4. The minimum atomic E-state index is 0.0250. The standard InChI is InChI=1S/C19H15NO2/c21-19(20-12-11-14-6-1-4-9-17(14)20)16-8-3-2-7-15(16)18-10-5-13-22-18/h1-10,13H,11-12H2. The number of amides is 1. The summed E-state index contributed by atoms with van der Waals surface area (Å²) >= 11 is 0. The van der Waals surface area contributed by atoms with Crippen LogP contribution >= 0.6 is 0 Å². The molecule has 0 radical (unpaired) electrons. The third kappa shape index (κ3) is 2.02. The molecule has 0 saturated carbocycles. The fraction of sp³-hybridized carbons (Fsp3) is 0.105. The predicted molar refractivity (Wildman–Crippen MR) is 86.0 cm³/mol. The summed E-state index contributed by atoms with van der Waals surface area (Å²) in [5.74, 6) is 0.744. The van der Waals surface area contributed by atoms with E-state index >= 15 is 0 Å². The number of rotatable bonds is 2. The number of hydrogen-bond acceptors (Lipinski definition) is 2. The number of carbonyl (C=O) groups is 1. The quantitative estimate of drug-likeness (QED) is 0.710. The molecule has 3 aromatic rings. The lowest BCUT2D eigenvalue weighted by atomic mass is 10.0. The van der Waals surface area contributed by atoms with Crippen molar-refractivity contribution in [2.45, 2.75) is 6.42 Å². The van der Waals surface area contributed by atoms with Gasteiger partial charge >= 0.3 is 0 Å². The van der Waals surface area contributed by atoms with Gasteiger partial charge in [-0.3, -0.25) is 4.79 Å². The Bertz CT molecular complexity index is 821. The lowest BCUT2D eigenvalue weighted by Gasteiger charge is -2.18. The van der Waals surface area contributed by atoms with Gasteiger partial charge in [-0.05, 0) is 36.2 Å². The van der Waals surface area contributed by atoms with E-state index < -0.39 is 0 Å². The number of anilines is 1. The zero-order valence-corrected chi connectivity index (χ0v) is 12.0. The van der Waals surface area contributed by atoms with Gasteiger partial charge in [0.15, 0.2) is 0 Å². The van der Waals surface area contributed by atoms with Crippen molar-refractivity contribution in [1.82, 2.24) is 0 Å². The Kier molecular flexibility index (Phi) is 3.04. The summed E-state index contributed by atoms with van der Waals surface area (Å²) in [6.07, 6.45) is 2.53. The lowest BCUT2D eigenvalue weighted by Crippen LogP contribution is -2.29. The Labute approximate surface area is 128 Å². The van der Waals surface area contributed by atoms with Gasteiger partial charge in [-0.15, -0.1) is 0 Å². The van der Waals surface area contributed by atoms with Crippen LogP contribution in [-0.4, -0.2) is 12.5 Å². The molecule has 3 heteroatoms. The van der Waals surface area contributed by atoms with Crippen LogP contribution in [0.5, 0.6) is 0 Å². The topological polar surface area (TPSA) is 33.5 Å². The molecular weight excluding hydrogens is 274 g/mol. The largest absolute Gasteiger partial charge is 0.464 e. The lowest BCUT2D eigenvalue weighted by molar-refractivity contribution is 0.0990. The van der Waals surface area contributed by atoms with E-state index in [2.05, 4.69) is 6.07 Å². The second kappa shape index (κ2) is 5.19. The predicted octanol–water partition coefficient (Wildman–Crippen LogP) is 4.15. The van der Waals surface area contributed by atoms with E-state index in [9.17, 15) is 4.79 Å².